The summed E-state index contributed by atoms with van der Waals surface area (Å²) in [6, 6.07) is 6.09. The number of aromatic nitrogens is 1. The van der Waals surface area contributed by atoms with Crippen LogP contribution in [0.4, 0.5) is 5.82 Å². The van der Waals surface area contributed by atoms with E-state index in [4.69, 9.17) is 11.6 Å². The van der Waals surface area contributed by atoms with Gasteiger partial charge in [-0.3, -0.25) is 4.90 Å². The minimum atomic E-state index is 0.483. The van der Waals surface area contributed by atoms with Gasteiger partial charge in [-0.1, -0.05) is 6.07 Å². The van der Waals surface area contributed by atoms with Gasteiger partial charge in [0, 0.05) is 39.3 Å². The number of anilines is 1. The van der Waals surface area contributed by atoms with E-state index in [1.807, 2.05) is 12.1 Å². The second-order valence-electron chi connectivity index (χ2n) is 5.25. The summed E-state index contributed by atoms with van der Waals surface area (Å²) >= 11 is 5.84. The molecular weight excluding hydrogens is 260 g/mol. The van der Waals surface area contributed by atoms with Crippen LogP contribution in [0.5, 0.6) is 0 Å². The van der Waals surface area contributed by atoms with E-state index in [2.05, 4.69) is 39.8 Å². The molecule has 1 aliphatic rings. The fraction of sp³-hybridized carbons (Fsp3) is 0.643. The Hall–Kier alpha value is -0.840. The van der Waals surface area contributed by atoms with Crippen LogP contribution in [0.3, 0.4) is 0 Å². The Balaban J connectivity index is 1.85. The van der Waals surface area contributed by atoms with Gasteiger partial charge in [-0.25, -0.2) is 4.98 Å². The highest BCUT2D eigenvalue weighted by Gasteiger charge is 2.17. The number of hydrogen-bond acceptors (Lipinski definition) is 4. The van der Waals surface area contributed by atoms with Gasteiger partial charge in [0.15, 0.2) is 0 Å². The lowest BCUT2D eigenvalue weighted by Gasteiger charge is -2.35. The molecule has 19 heavy (non-hydrogen) atoms. The molecule has 1 aromatic heterocycles. The van der Waals surface area contributed by atoms with Gasteiger partial charge >= 0.3 is 0 Å². The molecule has 4 nitrogen and oxygen atoms in total. The van der Waals surface area contributed by atoms with Crippen LogP contribution in [-0.2, 0) is 5.88 Å². The molecule has 0 bridgehead atoms. The molecule has 5 heteroatoms. The van der Waals surface area contributed by atoms with Crippen LogP contribution in [0.1, 0.15) is 5.69 Å². The predicted octanol–water partition coefficient (Wildman–Crippen LogP) is 1.50. The van der Waals surface area contributed by atoms with E-state index in [0.29, 0.717) is 5.88 Å². The lowest BCUT2D eigenvalue weighted by molar-refractivity contribution is 0.229. The summed E-state index contributed by atoms with van der Waals surface area (Å²) in [6.45, 7) is 6.59. The summed E-state index contributed by atoms with van der Waals surface area (Å²) in [7, 11) is 4.25. The molecule has 1 fully saturated rings. The number of nitrogens with zero attached hydrogens (tertiary/aromatic N) is 4. The first-order chi connectivity index (χ1) is 9.19. The van der Waals surface area contributed by atoms with E-state index in [1.165, 1.54) is 0 Å². The average Bonchev–Trinajstić information content (AvgIpc) is 2.45. The van der Waals surface area contributed by atoms with Gasteiger partial charge in [0.1, 0.15) is 5.82 Å². The third-order valence-corrected chi connectivity index (χ3v) is 3.76. The number of rotatable bonds is 5. The third-order valence-electron chi connectivity index (χ3n) is 3.49. The third kappa shape index (κ3) is 4.34. The molecule has 0 aliphatic carbocycles. The van der Waals surface area contributed by atoms with E-state index < -0.39 is 0 Å². The quantitative estimate of drug-likeness (QED) is 0.764. The minimum absolute atomic E-state index is 0.483. The minimum Gasteiger partial charge on any atom is -0.354 e. The standard InChI is InChI=1S/C14H23ClN4/c1-17(2)6-7-18-8-10-19(11-9-18)14-5-3-4-13(12-15)16-14/h3-5H,6-12H2,1-2H3. The Bertz CT molecular complexity index is 389. The Labute approximate surface area is 121 Å². The van der Waals surface area contributed by atoms with Crippen LogP contribution in [0.25, 0.3) is 0 Å². The van der Waals surface area contributed by atoms with E-state index in [-0.39, 0.29) is 0 Å². The molecule has 0 aromatic carbocycles. The van der Waals surface area contributed by atoms with Crippen molar-refractivity contribution in [1.82, 2.24) is 14.8 Å². The SMILES string of the molecule is CN(C)CCN1CCN(c2cccc(CCl)n2)CC1. The Morgan fingerprint density at radius 2 is 1.95 bits per heavy atom. The second kappa shape index (κ2) is 7.08. The molecular formula is C14H23ClN4. The highest BCUT2D eigenvalue weighted by Crippen LogP contribution is 2.15. The van der Waals surface area contributed by atoms with Crippen LogP contribution in [-0.4, -0.2) is 68.1 Å². The van der Waals surface area contributed by atoms with E-state index in [9.17, 15) is 0 Å². The summed E-state index contributed by atoms with van der Waals surface area (Å²) in [4.78, 5) is 11.7. The number of piperazine rings is 1. The number of likely N-dealkylation sites (N-methyl/N-ethyl adjacent to an activating group) is 1. The van der Waals surface area contributed by atoms with Gasteiger partial charge in [0.2, 0.25) is 0 Å². The van der Waals surface area contributed by atoms with Crippen molar-refractivity contribution in [2.45, 2.75) is 5.88 Å². The topological polar surface area (TPSA) is 22.6 Å². The lowest BCUT2D eigenvalue weighted by atomic mass is 10.3. The monoisotopic (exact) mass is 282 g/mol. The molecule has 106 valence electrons. The van der Waals surface area contributed by atoms with Crippen molar-refractivity contribution in [3.05, 3.63) is 23.9 Å². The van der Waals surface area contributed by atoms with Crippen molar-refractivity contribution >= 4 is 17.4 Å². The Morgan fingerprint density at radius 3 is 2.58 bits per heavy atom. The van der Waals surface area contributed by atoms with Crippen LogP contribution >= 0.6 is 11.6 Å². The molecule has 2 heterocycles. The summed E-state index contributed by atoms with van der Waals surface area (Å²) in [5.41, 5.74) is 0.953. The van der Waals surface area contributed by atoms with E-state index in [0.717, 1.165) is 50.8 Å². The highest BCUT2D eigenvalue weighted by molar-refractivity contribution is 6.16. The van der Waals surface area contributed by atoms with E-state index >= 15 is 0 Å². The molecule has 1 aliphatic heterocycles. The zero-order valence-corrected chi connectivity index (χ0v) is 12.6. The van der Waals surface area contributed by atoms with Crippen molar-refractivity contribution < 1.29 is 0 Å². The van der Waals surface area contributed by atoms with Crippen LogP contribution < -0.4 is 4.90 Å². The van der Waals surface area contributed by atoms with Crippen LogP contribution in [0.2, 0.25) is 0 Å². The maximum atomic E-state index is 5.84. The van der Waals surface area contributed by atoms with E-state index in [1.54, 1.807) is 0 Å². The normalized spacial score (nSPS) is 17.2. The fourth-order valence-corrected chi connectivity index (χ4v) is 2.41. The first-order valence-electron chi connectivity index (χ1n) is 6.83. The van der Waals surface area contributed by atoms with Crippen molar-refractivity contribution in [3.8, 4) is 0 Å². The van der Waals surface area contributed by atoms with Crippen molar-refractivity contribution in [2.75, 3.05) is 58.3 Å². The molecule has 1 saturated heterocycles. The number of pyridine rings is 1. The van der Waals surface area contributed by atoms with Gasteiger partial charge in [-0.2, -0.15) is 0 Å². The molecule has 0 unspecified atom stereocenters. The molecule has 0 N–H and O–H groups in total. The average molecular weight is 283 g/mol. The highest BCUT2D eigenvalue weighted by atomic mass is 35.5. The smallest absolute Gasteiger partial charge is 0.128 e. The number of hydrogen-bond donors (Lipinski definition) is 0. The van der Waals surface area contributed by atoms with Crippen molar-refractivity contribution in [2.24, 2.45) is 0 Å². The molecule has 0 radical (unpaired) electrons. The van der Waals surface area contributed by atoms with Gasteiger partial charge in [0.25, 0.3) is 0 Å². The molecule has 2 rings (SSSR count). The zero-order valence-electron chi connectivity index (χ0n) is 11.8. The van der Waals surface area contributed by atoms with Crippen LogP contribution in [0, 0.1) is 0 Å². The maximum absolute atomic E-state index is 5.84. The first-order valence-corrected chi connectivity index (χ1v) is 7.36. The summed E-state index contributed by atoms with van der Waals surface area (Å²) in [6.07, 6.45) is 0. The summed E-state index contributed by atoms with van der Waals surface area (Å²) in [5, 5.41) is 0. The first kappa shape index (κ1) is 14.6. The van der Waals surface area contributed by atoms with Crippen LogP contribution in [0.15, 0.2) is 18.2 Å². The number of halogens is 1. The zero-order chi connectivity index (χ0) is 13.7. The predicted molar refractivity (Wildman–Crippen MR) is 81.0 cm³/mol. The second-order valence-corrected chi connectivity index (χ2v) is 5.52. The maximum Gasteiger partial charge on any atom is 0.128 e. The van der Waals surface area contributed by atoms with Gasteiger partial charge < -0.3 is 9.80 Å². The summed E-state index contributed by atoms with van der Waals surface area (Å²) < 4.78 is 0. The van der Waals surface area contributed by atoms with Crippen molar-refractivity contribution in [1.29, 1.82) is 0 Å². The van der Waals surface area contributed by atoms with Gasteiger partial charge in [-0.15, -0.1) is 11.6 Å². The lowest BCUT2D eigenvalue weighted by Crippen LogP contribution is -2.48. The fourth-order valence-electron chi connectivity index (χ4n) is 2.26. The molecule has 0 amide bonds. The molecule has 0 atom stereocenters. The van der Waals surface area contributed by atoms with Crippen molar-refractivity contribution in [3.63, 3.8) is 0 Å². The van der Waals surface area contributed by atoms with Gasteiger partial charge in [0.05, 0.1) is 11.6 Å². The Kier molecular flexibility index (Phi) is 5.43. The molecule has 0 spiro atoms. The molecule has 1 aromatic rings. The Morgan fingerprint density at radius 1 is 1.21 bits per heavy atom. The largest absolute Gasteiger partial charge is 0.354 e. The number of alkyl halides is 1. The molecule has 0 saturated carbocycles. The summed E-state index contributed by atoms with van der Waals surface area (Å²) in [5.74, 6) is 1.54. The van der Waals surface area contributed by atoms with Gasteiger partial charge in [-0.05, 0) is 26.2 Å².